The smallest absolute Gasteiger partial charge is 0.350 e. The van der Waals surface area contributed by atoms with Gasteiger partial charge in [-0.1, -0.05) is 48.0 Å². The standard InChI is InChI=1S/C20H19NO4/c1-13-8-10-14(11-9-13)15-6-4-5-7-17(15)21-12-16-18(22)24-20(2,3)25-19(16)23/h4-12,21H,1-3H3. The summed E-state index contributed by atoms with van der Waals surface area (Å²) in [6.45, 7) is 5.06. The van der Waals surface area contributed by atoms with Crippen molar-refractivity contribution in [2.45, 2.75) is 26.6 Å². The van der Waals surface area contributed by atoms with Gasteiger partial charge in [0.2, 0.25) is 0 Å². The van der Waals surface area contributed by atoms with E-state index >= 15 is 0 Å². The molecule has 0 bridgehead atoms. The van der Waals surface area contributed by atoms with Gasteiger partial charge in [-0.15, -0.1) is 0 Å². The van der Waals surface area contributed by atoms with Gasteiger partial charge >= 0.3 is 11.9 Å². The van der Waals surface area contributed by atoms with Gasteiger partial charge in [-0.05, 0) is 18.6 Å². The summed E-state index contributed by atoms with van der Waals surface area (Å²) < 4.78 is 10.2. The monoisotopic (exact) mass is 337 g/mol. The third kappa shape index (κ3) is 3.71. The van der Waals surface area contributed by atoms with Gasteiger partial charge in [0.05, 0.1) is 0 Å². The molecule has 5 heteroatoms. The summed E-state index contributed by atoms with van der Waals surface area (Å²) in [6, 6.07) is 15.7. The zero-order valence-corrected chi connectivity index (χ0v) is 14.3. The van der Waals surface area contributed by atoms with Crippen molar-refractivity contribution < 1.29 is 19.1 Å². The van der Waals surface area contributed by atoms with Crippen LogP contribution in [0.2, 0.25) is 0 Å². The number of para-hydroxylation sites is 1. The molecule has 25 heavy (non-hydrogen) atoms. The molecule has 2 aromatic carbocycles. The summed E-state index contributed by atoms with van der Waals surface area (Å²) in [5.74, 6) is -2.66. The maximum atomic E-state index is 12.0. The Kier molecular flexibility index (Phi) is 4.31. The number of nitrogens with one attached hydrogen (secondary N) is 1. The topological polar surface area (TPSA) is 64.6 Å². The normalized spacial score (nSPS) is 16.0. The molecule has 0 aromatic heterocycles. The van der Waals surface area contributed by atoms with E-state index in [2.05, 4.69) is 5.32 Å². The van der Waals surface area contributed by atoms with Gasteiger partial charge in [-0.2, -0.15) is 0 Å². The lowest BCUT2D eigenvalue weighted by Gasteiger charge is -2.29. The van der Waals surface area contributed by atoms with Gasteiger partial charge in [0.1, 0.15) is 0 Å². The van der Waals surface area contributed by atoms with Gasteiger partial charge in [0.25, 0.3) is 5.79 Å². The Labute approximate surface area is 146 Å². The molecular formula is C20H19NO4. The lowest BCUT2D eigenvalue weighted by molar-refractivity contribution is -0.222. The molecule has 0 spiro atoms. The third-order valence-electron chi connectivity index (χ3n) is 3.78. The Morgan fingerprint density at radius 3 is 2.16 bits per heavy atom. The number of aryl methyl sites for hydroxylation is 1. The molecule has 128 valence electrons. The average molecular weight is 337 g/mol. The molecule has 0 aliphatic carbocycles. The highest BCUT2D eigenvalue weighted by Gasteiger charge is 2.38. The lowest BCUT2D eigenvalue weighted by Crippen LogP contribution is -2.42. The first-order valence-corrected chi connectivity index (χ1v) is 7.95. The number of esters is 2. The Balaban J connectivity index is 1.88. The van der Waals surface area contributed by atoms with E-state index in [-0.39, 0.29) is 5.57 Å². The summed E-state index contributed by atoms with van der Waals surface area (Å²) in [6.07, 6.45) is 1.33. The van der Waals surface area contributed by atoms with Crippen molar-refractivity contribution in [3.8, 4) is 11.1 Å². The first-order valence-electron chi connectivity index (χ1n) is 7.95. The van der Waals surface area contributed by atoms with E-state index in [1.807, 2.05) is 55.5 Å². The number of hydrogen-bond acceptors (Lipinski definition) is 5. The highest BCUT2D eigenvalue weighted by atomic mass is 16.7. The van der Waals surface area contributed by atoms with Crippen LogP contribution in [0.15, 0.2) is 60.3 Å². The van der Waals surface area contributed by atoms with Crippen LogP contribution in [0.1, 0.15) is 19.4 Å². The molecule has 2 aromatic rings. The van der Waals surface area contributed by atoms with E-state index in [4.69, 9.17) is 9.47 Å². The number of carbonyl (C=O) groups is 2. The van der Waals surface area contributed by atoms with Gasteiger partial charge < -0.3 is 14.8 Å². The van der Waals surface area contributed by atoms with E-state index in [0.29, 0.717) is 0 Å². The van der Waals surface area contributed by atoms with Crippen molar-refractivity contribution in [1.82, 2.24) is 0 Å². The Hall–Kier alpha value is -3.08. The van der Waals surface area contributed by atoms with Crippen LogP contribution in [-0.4, -0.2) is 17.7 Å². The molecule has 0 radical (unpaired) electrons. The number of benzene rings is 2. The molecule has 1 aliphatic heterocycles. The van der Waals surface area contributed by atoms with Crippen molar-refractivity contribution in [3.05, 3.63) is 65.9 Å². The van der Waals surface area contributed by atoms with Crippen molar-refractivity contribution in [2.24, 2.45) is 0 Å². The summed E-state index contributed by atoms with van der Waals surface area (Å²) in [5.41, 5.74) is 3.76. The van der Waals surface area contributed by atoms with Gasteiger partial charge in [0, 0.05) is 31.3 Å². The van der Waals surface area contributed by atoms with Crippen LogP contribution in [0.4, 0.5) is 5.69 Å². The summed E-state index contributed by atoms with van der Waals surface area (Å²) in [5, 5.41) is 3.02. The third-order valence-corrected chi connectivity index (χ3v) is 3.78. The van der Waals surface area contributed by atoms with Crippen LogP contribution in [0.5, 0.6) is 0 Å². The fourth-order valence-corrected chi connectivity index (χ4v) is 2.52. The molecule has 0 atom stereocenters. The number of anilines is 1. The largest absolute Gasteiger partial charge is 0.419 e. The molecule has 5 nitrogen and oxygen atoms in total. The summed E-state index contributed by atoms with van der Waals surface area (Å²) in [4.78, 5) is 24.0. The molecule has 1 saturated heterocycles. The highest BCUT2D eigenvalue weighted by Crippen LogP contribution is 2.29. The lowest BCUT2D eigenvalue weighted by atomic mass is 10.0. The minimum atomic E-state index is -1.24. The second-order valence-corrected chi connectivity index (χ2v) is 6.29. The van der Waals surface area contributed by atoms with Crippen LogP contribution in [0, 0.1) is 6.92 Å². The van der Waals surface area contributed by atoms with Crippen molar-refractivity contribution >= 4 is 17.6 Å². The Morgan fingerprint density at radius 2 is 1.52 bits per heavy atom. The van der Waals surface area contributed by atoms with Crippen molar-refractivity contribution in [1.29, 1.82) is 0 Å². The van der Waals surface area contributed by atoms with Crippen molar-refractivity contribution in [3.63, 3.8) is 0 Å². The van der Waals surface area contributed by atoms with Gasteiger partial charge in [-0.3, -0.25) is 0 Å². The molecule has 0 amide bonds. The quantitative estimate of drug-likeness (QED) is 0.524. The molecule has 1 heterocycles. The maximum Gasteiger partial charge on any atom is 0.350 e. The molecule has 3 rings (SSSR count). The number of hydrogen-bond donors (Lipinski definition) is 1. The molecule has 0 saturated carbocycles. The van der Waals surface area contributed by atoms with Gasteiger partial charge in [0.15, 0.2) is 5.57 Å². The second-order valence-electron chi connectivity index (χ2n) is 6.29. The molecule has 1 N–H and O–H groups in total. The van der Waals surface area contributed by atoms with Gasteiger partial charge in [-0.25, -0.2) is 9.59 Å². The Morgan fingerprint density at radius 1 is 0.920 bits per heavy atom. The molecule has 1 aliphatic rings. The highest BCUT2D eigenvalue weighted by molar-refractivity contribution is 6.15. The minimum absolute atomic E-state index is 0.168. The minimum Gasteiger partial charge on any atom is -0.419 e. The fourth-order valence-electron chi connectivity index (χ4n) is 2.52. The van der Waals surface area contributed by atoms with Crippen LogP contribution >= 0.6 is 0 Å². The zero-order chi connectivity index (χ0) is 18.0. The van der Waals surface area contributed by atoms with E-state index in [0.717, 1.165) is 16.8 Å². The van der Waals surface area contributed by atoms with Crippen molar-refractivity contribution in [2.75, 3.05) is 5.32 Å². The number of carbonyl (C=O) groups excluding carboxylic acids is 2. The molecular weight excluding hydrogens is 318 g/mol. The first-order chi connectivity index (χ1) is 11.9. The average Bonchev–Trinajstić information content (AvgIpc) is 2.54. The second kappa shape index (κ2) is 6.43. The van der Waals surface area contributed by atoms with E-state index in [1.54, 1.807) is 0 Å². The molecule has 0 unspecified atom stereocenters. The summed E-state index contributed by atoms with van der Waals surface area (Å²) in [7, 11) is 0. The van der Waals surface area contributed by atoms with E-state index in [1.165, 1.54) is 25.6 Å². The number of ether oxygens (including phenoxy) is 2. The number of cyclic esters (lactones) is 2. The SMILES string of the molecule is Cc1ccc(-c2ccccc2NC=C2C(=O)OC(C)(C)OC2=O)cc1. The number of rotatable bonds is 3. The maximum absolute atomic E-state index is 12.0. The Bertz CT molecular complexity index is 828. The van der Waals surface area contributed by atoms with Crippen LogP contribution in [-0.2, 0) is 19.1 Å². The van der Waals surface area contributed by atoms with Crippen LogP contribution in [0.25, 0.3) is 11.1 Å². The first kappa shape index (κ1) is 16.8. The zero-order valence-electron chi connectivity index (χ0n) is 14.3. The fraction of sp³-hybridized carbons (Fsp3) is 0.200. The van der Waals surface area contributed by atoms with E-state index < -0.39 is 17.7 Å². The predicted octanol–water partition coefficient (Wildman–Crippen LogP) is 3.79. The van der Waals surface area contributed by atoms with Crippen LogP contribution in [0.3, 0.4) is 0 Å². The predicted molar refractivity (Wildman–Crippen MR) is 94.6 cm³/mol. The van der Waals surface area contributed by atoms with Crippen LogP contribution < -0.4 is 5.32 Å². The van der Waals surface area contributed by atoms with E-state index in [9.17, 15) is 9.59 Å². The summed E-state index contributed by atoms with van der Waals surface area (Å²) >= 11 is 0. The molecule has 1 fully saturated rings.